The van der Waals surface area contributed by atoms with Gasteiger partial charge in [-0.1, -0.05) is 12.1 Å². The van der Waals surface area contributed by atoms with Gasteiger partial charge in [-0.2, -0.15) is 13.2 Å². The zero-order valence-electron chi connectivity index (χ0n) is 16.0. The molecular weight excluding hydrogens is 395 g/mol. The van der Waals surface area contributed by atoms with Crippen LogP contribution in [0, 0.1) is 0 Å². The molecule has 1 amide bonds. The van der Waals surface area contributed by atoms with E-state index in [1.165, 1.54) is 6.07 Å². The van der Waals surface area contributed by atoms with Crippen molar-refractivity contribution < 1.29 is 18.0 Å². The standard InChI is InChI=1S/C21H18F3N5O/c1-29-8-6-16-18(29)10-17(13-3-2-4-14(9-13)21(22,23)24)28-19(16)20(30)26-7-5-15-11-25-12-27-15/h2-4,6,8-12H,5,7H2,1H3,(H,25,27)(H,26,30). The van der Waals surface area contributed by atoms with Crippen LogP contribution in [0.4, 0.5) is 13.2 Å². The lowest BCUT2D eigenvalue weighted by molar-refractivity contribution is -0.137. The van der Waals surface area contributed by atoms with Gasteiger partial charge in [-0.3, -0.25) is 4.79 Å². The van der Waals surface area contributed by atoms with E-state index in [-0.39, 0.29) is 11.6 Å². The average molecular weight is 413 g/mol. The summed E-state index contributed by atoms with van der Waals surface area (Å²) < 4.78 is 41.2. The minimum atomic E-state index is -4.46. The van der Waals surface area contributed by atoms with Crippen molar-refractivity contribution in [3.05, 3.63) is 72.1 Å². The monoisotopic (exact) mass is 413 g/mol. The van der Waals surface area contributed by atoms with Crippen molar-refractivity contribution in [3.63, 3.8) is 0 Å². The van der Waals surface area contributed by atoms with Crippen LogP contribution < -0.4 is 5.32 Å². The van der Waals surface area contributed by atoms with Crippen LogP contribution in [-0.2, 0) is 19.6 Å². The minimum Gasteiger partial charge on any atom is -0.350 e. The van der Waals surface area contributed by atoms with Gasteiger partial charge in [-0.05, 0) is 24.3 Å². The second-order valence-corrected chi connectivity index (χ2v) is 6.88. The molecule has 6 nitrogen and oxygen atoms in total. The van der Waals surface area contributed by atoms with Gasteiger partial charge in [0.05, 0.1) is 23.1 Å². The summed E-state index contributed by atoms with van der Waals surface area (Å²) >= 11 is 0. The maximum absolute atomic E-state index is 13.1. The molecule has 0 radical (unpaired) electrons. The Bertz CT molecular complexity index is 1200. The third kappa shape index (κ3) is 3.91. The lowest BCUT2D eigenvalue weighted by atomic mass is 10.1. The van der Waals surface area contributed by atoms with Crippen molar-refractivity contribution in [3.8, 4) is 11.3 Å². The summed E-state index contributed by atoms with van der Waals surface area (Å²) in [5.74, 6) is -0.389. The fraction of sp³-hybridized carbons (Fsp3) is 0.190. The highest BCUT2D eigenvalue weighted by atomic mass is 19.4. The number of benzene rings is 1. The van der Waals surface area contributed by atoms with E-state index < -0.39 is 11.7 Å². The number of carbonyl (C=O) groups is 1. The van der Waals surface area contributed by atoms with Crippen LogP contribution in [-0.4, -0.2) is 32.0 Å². The fourth-order valence-electron chi connectivity index (χ4n) is 3.26. The smallest absolute Gasteiger partial charge is 0.350 e. The van der Waals surface area contributed by atoms with Crippen molar-refractivity contribution in [1.82, 2.24) is 24.8 Å². The van der Waals surface area contributed by atoms with E-state index in [0.29, 0.717) is 35.1 Å². The molecule has 0 aliphatic rings. The zero-order valence-corrected chi connectivity index (χ0v) is 16.0. The first-order valence-corrected chi connectivity index (χ1v) is 9.22. The van der Waals surface area contributed by atoms with Crippen LogP contribution in [0.15, 0.2) is 55.1 Å². The first kappa shape index (κ1) is 19.7. The predicted octanol–water partition coefficient (Wildman–Crippen LogP) is 3.95. The number of aryl methyl sites for hydroxylation is 1. The summed E-state index contributed by atoms with van der Waals surface area (Å²) in [5, 5.41) is 3.45. The van der Waals surface area contributed by atoms with E-state index in [4.69, 9.17) is 0 Å². The number of fused-ring (bicyclic) bond motifs is 1. The van der Waals surface area contributed by atoms with E-state index in [9.17, 15) is 18.0 Å². The molecule has 0 aliphatic heterocycles. The van der Waals surface area contributed by atoms with Gasteiger partial charge in [-0.15, -0.1) is 0 Å². The Labute approximate surface area is 169 Å². The number of aromatic nitrogens is 4. The van der Waals surface area contributed by atoms with E-state index in [2.05, 4.69) is 20.3 Å². The van der Waals surface area contributed by atoms with Gasteiger partial charge in [0.2, 0.25) is 0 Å². The molecule has 9 heteroatoms. The minimum absolute atomic E-state index is 0.171. The van der Waals surface area contributed by atoms with E-state index >= 15 is 0 Å². The van der Waals surface area contributed by atoms with Crippen LogP contribution in [0.3, 0.4) is 0 Å². The van der Waals surface area contributed by atoms with Crippen molar-refractivity contribution in [1.29, 1.82) is 0 Å². The van der Waals surface area contributed by atoms with Crippen LogP contribution in [0.25, 0.3) is 22.2 Å². The molecule has 0 unspecified atom stereocenters. The number of alkyl halides is 3. The largest absolute Gasteiger partial charge is 0.416 e. The van der Waals surface area contributed by atoms with Crippen LogP contribution in [0.2, 0.25) is 0 Å². The first-order valence-electron chi connectivity index (χ1n) is 9.22. The number of nitrogens with zero attached hydrogens (tertiary/aromatic N) is 3. The zero-order chi connectivity index (χ0) is 21.3. The number of halogens is 3. The van der Waals surface area contributed by atoms with Gasteiger partial charge < -0.3 is 14.9 Å². The number of hydrogen-bond donors (Lipinski definition) is 2. The third-order valence-corrected chi connectivity index (χ3v) is 4.82. The molecule has 1 aromatic carbocycles. The lowest BCUT2D eigenvalue weighted by Crippen LogP contribution is -2.27. The van der Waals surface area contributed by atoms with E-state index in [1.54, 1.807) is 48.5 Å². The highest BCUT2D eigenvalue weighted by molar-refractivity contribution is 6.05. The molecule has 0 bridgehead atoms. The van der Waals surface area contributed by atoms with Gasteiger partial charge in [0.15, 0.2) is 0 Å². The number of carbonyl (C=O) groups excluding carboxylic acids is 1. The molecule has 2 N–H and O–H groups in total. The Morgan fingerprint density at radius 1 is 1.23 bits per heavy atom. The normalized spacial score (nSPS) is 11.7. The van der Waals surface area contributed by atoms with Crippen molar-refractivity contribution in [2.24, 2.45) is 7.05 Å². The van der Waals surface area contributed by atoms with Crippen LogP contribution >= 0.6 is 0 Å². The van der Waals surface area contributed by atoms with Crippen LogP contribution in [0.1, 0.15) is 21.7 Å². The number of nitrogens with one attached hydrogen (secondary N) is 2. The third-order valence-electron chi connectivity index (χ3n) is 4.82. The number of amides is 1. The summed E-state index contributed by atoms with van der Waals surface area (Å²) in [6.07, 6.45) is 1.12. The van der Waals surface area contributed by atoms with Gasteiger partial charge in [0, 0.05) is 49.1 Å². The number of aromatic amines is 1. The summed E-state index contributed by atoms with van der Waals surface area (Å²) in [6, 6.07) is 8.38. The maximum atomic E-state index is 13.1. The number of hydrogen-bond acceptors (Lipinski definition) is 3. The predicted molar refractivity (Wildman–Crippen MR) is 106 cm³/mol. The molecule has 0 saturated heterocycles. The van der Waals surface area contributed by atoms with Crippen molar-refractivity contribution in [2.45, 2.75) is 12.6 Å². The highest BCUT2D eigenvalue weighted by Crippen LogP contribution is 2.33. The number of H-pyrrole nitrogens is 1. The second kappa shape index (κ2) is 7.66. The summed E-state index contributed by atoms with van der Waals surface area (Å²) in [6.45, 7) is 0.366. The molecule has 4 aromatic rings. The molecule has 3 aromatic heterocycles. The molecule has 3 heterocycles. The summed E-state index contributed by atoms with van der Waals surface area (Å²) in [4.78, 5) is 24.1. The van der Waals surface area contributed by atoms with Gasteiger partial charge in [0.1, 0.15) is 5.69 Å². The van der Waals surface area contributed by atoms with Gasteiger partial charge >= 0.3 is 6.18 Å². The molecule has 0 fully saturated rings. The molecule has 4 rings (SSSR count). The molecule has 0 spiro atoms. The molecule has 0 atom stereocenters. The highest BCUT2D eigenvalue weighted by Gasteiger charge is 2.30. The quantitative estimate of drug-likeness (QED) is 0.520. The molecule has 154 valence electrons. The fourth-order valence-corrected chi connectivity index (χ4v) is 3.26. The van der Waals surface area contributed by atoms with Crippen molar-refractivity contribution >= 4 is 16.8 Å². The average Bonchev–Trinajstić information content (AvgIpc) is 3.37. The van der Waals surface area contributed by atoms with Crippen molar-refractivity contribution in [2.75, 3.05) is 6.54 Å². The molecule has 0 saturated carbocycles. The lowest BCUT2D eigenvalue weighted by Gasteiger charge is -2.11. The van der Waals surface area contributed by atoms with Gasteiger partial charge in [0.25, 0.3) is 5.91 Å². The summed E-state index contributed by atoms with van der Waals surface area (Å²) in [7, 11) is 1.80. The second-order valence-electron chi connectivity index (χ2n) is 6.88. The van der Waals surface area contributed by atoms with E-state index in [0.717, 1.165) is 17.8 Å². The molecule has 30 heavy (non-hydrogen) atoms. The number of rotatable bonds is 5. The SMILES string of the molecule is Cn1ccc2c(C(=O)NCCc3cnc[nH]3)nc(-c3cccc(C(F)(F)F)c3)cc21. The Balaban J connectivity index is 1.69. The van der Waals surface area contributed by atoms with Crippen LogP contribution in [0.5, 0.6) is 0 Å². The Morgan fingerprint density at radius 2 is 2.07 bits per heavy atom. The number of pyridine rings is 1. The topological polar surface area (TPSA) is 75.6 Å². The summed E-state index contributed by atoms with van der Waals surface area (Å²) in [5.41, 5.74) is 1.58. The first-order chi connectivity index (χ1) is 14.3. The Hall–Kier alpha value is -3.62. The molecular formula is C21H18F3N5O. The Kier molecular flexibility index (Phi) is 5.03. The maximum Gasteiger partial charge on any atom is 0.416 e. The Morgan fingerprint density at radius 3 is 2.80 bits per heavy atom. The molecule has 0 aliphatic carbocycles. The number of imidazole rings is 1. The van der Waals surface area contributed by atoms with E-state index in [1.807, 2.05) is 0 Å². The van der Waals surface area contributed by atoms with Gasteiger partial charge in [-0.25, -0.2) is 9.97 Å².